The van der Waals surface area contributed by atoms with E-state index >= 15 is 0 Å². The summed E-state index contributed by atoms with van der Waals surface area (Å²) in [7, 11) is 0. The van der Waals surface area contributed by atoms with Gasteiger partial charge in [-0.25, -0.2) is 5.48 Å². The lowest BCUT2D eigenvalue weighted by Crippen LogP contribution is -2.45. The third-order valence-electron chi connectivity index (χ3n) is 2.29. The molecule has 0 aromatic rings. The first kappa shape index (κ1) is 11.9. The molecule has 14 heavy (non-hydrogen) atoms. The Labute approximate surface area is 86.0 Å². The summed E-state index contributed by atoms with van der Waals surface area (Å²) < 4.78 is 0. The molecule has 0 spiro atoms. The number of nitrogens with one attached hydrogen (secondary N) is 2. The molecular weight excluding hydrogens is 180 g/mol. The highest BCUT2D eigenvalue weighted by Crippen LogP contribution is 2.11. The van der Waals surface area contributed by atoms with Gasteiger partial charge in [-0.05, 0) is 33.7 Å². The van der Waals surface area contributed by atoms with Crippen molar-refractivity contribution in [3.05, 3.63) is 0 Å². The molecule has 0 bridgehead atoms. The highest BCUT2D eigenvalue weighted by Gasteiger charge is 2.23. The lowest BCUT2D eigenvalue weighted by Gasteiger charge is -2.29. The molecule has 1 fully saturated rings. The van der Waals surface area contributed by atoms with Crippen molar-refractivity contribution in [3.8, 4) is 0 Å². The van der Waals surface area contributed by atoms with Gasteiger partial charge in [0.05, 0.1) is 11.7 Å². The van der Waals surface area contributed by atoms with Crippen molar-refractivity contribution in [2.45, 2.75) is 38.9 Å². The van der Waals surface area contributed by atoms with E-state index in [-0.39, 0.29) is 17.6 Å². The van der Waals surface area contributed by atoms with E-state index < -0.39 is 0 Å². The van der Waals surface area contributed by atoms with Crippen LogP contribution in [0.4, 0.5) is 0 Å². The van der Waals surface area contributed by atoms with Crippen molar-refractivity contribution in [1.29, 1.82) is 0 Å². The van der Waals surface area contributed by atoms with E-state index in [1.165, 1.54) is 0 Å². The molecule has 0 radical (unpaired) electrons. The summed E-state index contributed by atoms with van der Waals surface area (Å²) in [5.41, 5.74) is 2.75. The number of piperidine rings is 1. The predicted molar refractivity (Wildman–Crippen MR) is 55.8 cm³/mol. The Hall–Kier alpha value is -0.160. The summed E-state index contributed by atoms with van der Waals surface area (Å²) >= 11 is 0. The molecule has 2 unspecified atom stereocenters. The summed E-state index contributed by atoms with van der Waals surface area (Å²) in [6, 6.07) is 0. The lowest BCUT2D eigenvalue weighted by atomic mass is 9.96. The highest BCUT2D eigenvalue weighted by molar-refractivity contribution is 4.78. The van der Waals surface area contributed by atoms with Crippen LogP contribution in [-0.2, 0) is 4.84 Å². The summed E-state index contributed by atoms with van der Waals surface area (Å²) in [6.45, 7) is 8.46. The summed E-state index contributed by atoms with van der Waals surface area (Å²) in [6.07, 6.45) is 0.634. The zero-order valence-corrected chi connectivity index (χ0v) is 9.34. The second kappa shape index (κ2) is 5.07. The maximum Gasteiger partial charge on any atom is 0.0812 e. The topological polar surface area (TPSA) is 53.5 Å². The third kappa shape index (κ3) is 4.37. The fourth-order valence-corrected chi connectivity index (χ4v) is 1.48. The van der Waals surface area contributed by atoms with Gasteiger partial charge in [0, 0.05) is 19.0 Å². The van der Waals surface area contributed by atoms with Crippen molar-refractivity contribution < 1.29 is 9.94 Å². The average Bonchev–Trinajstić information content (AvgIpc) is 2.06. The summed E-state index contributed by atoms with van der Waals surface area (Å²) in [5, 5.41) is 12.9. The first-order valence-corrected chi connectivity index (χ1v) is 5.29. The molecular formula is C10H22N2O2. The van der Waals surface area contributed by atoms with Crippen LogP contribution in [-0.4, -0.2) is 36.4 Å². The minimum absolute atomic E-state index is 0.174. The van der Waals surface area contributed by atoms with E-state index in [0.717, 1.165) is 19.5 Å². The molecule has 0 aromatic carbocycles. The number of hydroxylamine groups is 1. The van der Waals surface area contributed by atoms with E-state index in [9.17, 15) is 5.11 Å². The van der Waals surface area contributed by atoms with Crippen LogP contribution in [0.25, 0.3) is 0 Å². The van der Waals surface area contributed by atoms with Gasteiger partial charge in [0.25, 0.3) is 0 Å². The predicted octanol–water partition coefficient (Wildman–Crippen LogP) is 0.276. The molecule has 1 heterocycles. The van der Waals surface area contributed by atoms with Gasteiger partial charge >= 0.3 is 0 Å². The Bertz CT molecular complexity index is 168. The molecule has 0 aliphatic carbocycles. The van der Waals surface area contributed by atoms with Crippen LogP contribution in [0.1, 0.15) is 27.2 Å². The van der Waals surface area contributed by atoms with E-state index in [0.29, 0.717) is 6.54 Å². The molecule has 1 saturated heterocycles. The van der Waals surface area contributed by atoms with Gasteiger partial charge in [-0.2, -0.15) is 0 Å². The number of aliphatic hydroxyl groups is 1. The maximum absolute atomic E-state index is 9.66. The Kier molecular flexibility index (Phi) is 4.31. The van der Waals surface area contributed by atoms with E-state index in [1.807, 2.05) is 20.8 Å². The molecule has 4 nitrogen and oxygen atoms in total. The fourth-order valence-electron chi connectivity index (χ4n) is 1.48. The maximum atomic E-state index is 9.66. The zero-order valence-electron chi connectivity index (χ0n) is 9.34. The van der Waals surface area contributed by atoms with Crippen LogP contribution in [0.2, 0.25) is 0 Å². The molecule has 0 amide bonds. The minimum Gasteiger partial charge on any atom is -0.393 e. The normalized spacial score (nSPS) is 29.1. The van der Waals surface area contributed by atoms with E-state index in [1.54, 1.807) is 0 Å². The van der Waals surface area contributed by atoms with Crippen LogP contribution >= 0.6 is 0 Å². The Morgan fingerprint density at radius 2 is 2.21 bits per heavy atom. The third-order valence-corrected chi connectivity index (χ3v) is 2.29. The minimum atomic E-state index is -0.202. The monoisotopic (exact) mass is 202 g/mol. The highest BCUT2D eigenvalue weighted by atomic mass is 16.7. The molecule has 0 saturated carbocycles. The van der Waals surface area contributed by atoms with Crippen molar-refractivity contribution in [2.24, 2.45) is 5.92 Å². The largest absolute Gasteiger partial charge is 0.393 e. The fraction of sp³-hybridized carbons (Fsp3) is 1.00. The summed E-state index contributed by atoms with van der Waals surface area (Å²) in [4.78, 5) is 5.39. The molecule has 3 N–H and O–H groups in total. The number of hydrogen-bond acceptors (Lipinski definition) is 4. The van der Waals surface area contributed by atoms with Gasteiger partial charge in [0.2, 0.25) is 0 Å². The van der Waals surface area contributed by atoms with Crippen LogP contribution < -0.4 is 10.8 Å². The van der Waals surface area contributed by atoms with Crippen molar-refractivity contribution >= 4 is 0 Å². The lowest BCUT2D eigenvalue weighted by molar-refractivity contribution is -0.0843. The smallest absolute Gasteiger partial charge is 0.0812 e. The molecule has 2 atom stereocenters. The zero-order chi connectivity index (χ0) is 10.6. The molecule has 84 valence electrons. The first-order valence-electron chi connectivity index (χ1n) is 5.29. The van der Waals surface area contributed by atoms with Gasteiger partial charge in [0.1, 0.15) is 0 Å². The Morgan fingerprint density at radius 1 is 1.50 bits per heavy atom. The second-order valence-electron chi connectivity index (χ2n) is 4.88. The Balaban J connectivity index is 2.17. The molecule has 4 heteroatoms. The van der Waals surface area contributed by atoms with Crippen molar-refractivity contribution in [1.82, 2.24) is 10.8 Å². The van der Waals surface area contributed by atoms with Gasteiger partial charge in [-0.1, -0.05) is 0 Å². The van der Waals surface area contributed by atoms with Crippen molar-refractivity contribution in [3.63, 3.8) is 0 Å². The quantitative estimate of drug-likeness (QED) is 0.575. The second-order valence-corrected chi connectivity index (χ2v) is 4.88. The number of aliphatic hydroxyl groups excluding tert-OH is 1. The average molecular weight is 202 g/mol. The van der Waals surface area contributed by atoms with Crippen LogP contribution in [0.15, 0.2) is 0 Å². The first-order chi connectivity index (χ1) is 6.49. The van der Waals surface area contributed by atoms with Crippen LogP contribution in [0.5, 0.6) is 0 Å². The van der Waals surface area contributed by atoms with Gasteiger partial charge in [-0.3, -0.25) is 4.84 Å². The number of hydrogen-bond donors (Lipinski definition) is 3. The summed E-state index contributed by atoms with van der Waals surface area (Å²) in [5.74, 6) is 0.256. The van der Waals surface area contributed by atoms with Gasteiger partial charge in [0.15, 0.2) is 0 Å². The van der Waals surface area contributed by atoms with Crippen LogP contribution in [0, 0.1) is 5.92 Å². The molecule has 0 aromatic heterocycles. The van der Waals surface area contributed by atoms with Crippen LogP contribution in [0.3, 0.4) is 0 Å². The molecule has 1 rings (SSSR count). The van der Waals surface area contributed by atoms with E-state index in [2.05, 4.69) is 10.8 Å². The number of rotatable bonds is 3. The van der Waals surface area contributed by atoms with Gasteiger partial charge in [-0.15, -0.1) is 0 Å². The van der Waals surface area contributed by atoms with Crippen molar-refractivity contribution in [2.75, 3.05) is 19.6 Å². The van der Waals surface area contributed by atoms with E-state index in [4.69, 9.17) is 4.84 Å². The molecule has 1 aliphatic heterocycles. The molecule has 1 aliphatic rings. The Morgan fingerprint density at radius 3 is 2.79 bits per heavy atom. The SMILES string of the molecule is CC(C)(C)ONCC1CNCCC1O. The standard InChI is InChI=1S/C10H22N2O2/c1-10(2,3)14-12-7-8-6-11-5-4-9(8)13/h8-9,11-13H,4-7H2,1-3H3. The van der Waals surface area contributed by atoms with Gasteiger partial charge < -0.3 is 10.4 Å².